The highest BCUT2D eigenvalue weighted by Gasteiger charge is 2.07. The molecule has 0 fully saturated rings. The molecule has 0 spiro atoms. The highest BCUT2D eigenvalue weighted by Crippen LogP contribution is 2.22. The van der Waals surface area contributed by atoms with Crippen molar-refractivity contribution in [1.82, 2.24) is 0 Å². The third kappa shape index (κ3) is 7.71. The van der Waals surface area contributed by atoms with Gasteiger partial charge in [0.2, 0.25) is 5.91 Å². The summed E-state index contributed by atoms with van der Waals surface area (Å²) in [6, 6.07) is 23.8. The van der Waals surface area contributed by atoms with Gasteiger partial charge in [0.05, 0.1) is 12.4 Å². The zero-order valence-electron chi connectivity index (χ0n) is 17.2. The quantitative estimate of drug-likeness (QED) is 0.445. The number of carbonyl (C=O) groups excluding carboxylic acids is 2. The van der Waals surface area contributed by atoms with E-state index in [-0.39, 0.29) is 24.2 Å². The molecule has 3 aromatic rings. The number of para-hydroxylation sites is 1. The molecule has 0 unspecified atom stereocenters. The van der Waals surface area contributed by atoms with Crippen molar-refractivity contribution in [1.29, 1.82) is 0 Å². The van der Waals surface area contributed by atoms with Gasteiger partial charge >= 0.3 is 0 Å². The van der Waals surface area contributed by atoms with Gasteiger partial charge in [0, 0.05) is 16.3 Å². The molecule has 7 heteroatoms. The van der Waals surface area contributed by atoms with E-state index in [0.717, 1.165) is 10.6 Å². The highest BCUT2D eigenvalue weighted by atomic mass is 32.2. The zero-order chi connectivity index (χ0) is 21.9. The second-order valence-electron chi connectivity index (χ2n) is 6.47. The number of thioether (sulfide) groups is 1. The standard InChI is InChI=1S/C24H24N2O4S/c1-2-29-21-13-11-18(12-14-21)25-24(28)17-31-22-10-6-7-19(15-22)26-23(27)16-30-20-8-4-3-5-9-20/h3-15H,2,16-17H2,1H3,(H,25,28)(H,26,27). The molecule has 0 aliphatic rings. The zero-order valence-corrected chi connectivity index (χ0v) is 18.0. The minimum absolute atomic E-state index is 0.0775. The van der Waals surface area contributed by atoms with Crippen molar-refractivity contribution in [2.45, 2.75) is 11.8 Å². The third-order valence-electron chi connectivity index (χ3n) is 4.05. The van der Waals surface area contributed by atoms with Crippen molar-refractivity contribution in [2.24, 2.45) is 0 Å². The maximum atomic E-state index is 12.2. The molecule has 0 aliphatic carbocycles. The summed E-state index contributed by atoms with van der Waals surface area (Å²) in [5, 5.41) is 5.66. The lowest BCUT2D eigenvalue weighted by molar-refractivity contribution is -0.118. The topological polar surface area (TPSA) is 76.7 Å². The summed E-state index contributed by atoms with van der Waals surface area (Å²) >= 11 is 1.39. The van der Waals surface area contributed by atoms with Gasteiger partial charge in [0.25, 0.3) is 5.91 Å². The molecule has 0 saturated carbocycles. The van der Waals surface area contributed by atoms with Gasteiger partial charge in [-0.1, -0.05) is 24.3 Å². The molecule has 3 aromatic carbocycles. The molecular weight excluding hydrogens is 412 g/mol. The van der Waals surface area contributed by atoms with Gasteiger partial charge in [0.15, 0.2) is 6.61 Å². The monoisotopic (exact) mass is 436 g/mol. The summed E-state index contributed by atoms with van der Waals surface area (Å²) < 4.78 is 10.8. The largest absolute Gasteiger partial charge is 0.494 e. The predicted octanol–water partition coefficient (Wildman–Crippen LogP) is 4.83. The molecule has 2 amide bonds. The summed E-state index contributed by atoms with van der Waals surface area (Å²) in [6.07, 6.45) is 0. The van der Waals surface area contributed by atoms with Crippen LogP contribution in [0, 0.1) is 0 Å². The molecule has 0 atom stereocenters. The minimum atomic E-state index is -0.251. The summed E-state index contributed by atoms with van der Waals surface area (Å²) in [4.78, 5) is 25.2. The van der Waals surface area contributed by atoms with E-state index >= 15 is 0 Å². The molecule has 0 radical (unpaired) electrons. The SMILES string of the molecule is CCOc1ccc(NC(=O)CSc2cccc(NC(=O)COc3ccccc3)c2)cc1. The Bertz CT molecular complexity index is 994. The van der Waals surface area contributed by atoms with Gasteiger partial charge in [-0.2, -0.15) is 0 Å². The average molecular weight is 437 g/mol. The van der Waals surface area contributed by atoms with Gasteiger partial charge < -0.3 is 20.1 Å². The van der Waals surface area contributed by atoms with Crippen molar-refractivity contribution < 1.29 is 19.1 Å². The Kier molecular flexibility index (Phi) is 8.37. The van der Waals surface area contributed by atoms with Crippen molar-refractivity contribution >= 4 is 35.0 Å². The van der Waals surface area contributed by atoms with E-state index in [9.17, 15) is 9.59 Å². The first-order valence-corrected chi connectivity index (χ1v) is 10.8. The summed E-state index contributed by atoms with van der Waals surface area (Å²) in [7, 11) is 0. The minimum Gasteiger partial charge on any atom is -0.494 e. The number of hydrogen-bond acceptors (Lipinski definition) is 5. The first-order chi connectivity index (χ1) is 15.1. The molecule has 0 aliphatic heterocycles. The van der Waals surface area contributed by atoms with Crippen LogP contribution in [-0.4, -0.2) is 30.8 Å². The van der Waals surface area contributed by atoms with Crippen LogP contribution in [-0.2, 0) is 9.59 Å². The van der Waals surface area contributed by atoms with E-state index < -0.39 is 0 Å². The van der Waals surface area contributed by atoms with E-state index in [0.29, 0.717) is 23.7 Å². The van der Waals surface area contributed by atoms with Crippen LogP contribution < -0.4 is 20.1 Å². The van der Waals surface area contributed by atoms with Crippen molar-refractivity contribution in [3.05, 3.63) is 78.9 Å². The van der Waals surface area contributed by atoms with Gasteiger partial charge in [-0.3, -0.25) is 9.59 Å². The van der Waals surface area contributed by atoms with Crippen molar-refractivity contribution in [2.75, 3.05) is 29.6 Å². The molecule has 160 valence electrons. The van der Waals surface area contributed by atoms with Gasteiger partial charge in [-0.05, 0) is 61.5 Å². The van der Waals surface area contributed by atoms with Crippen LogP contribution in [0.25, 0.3) is 0 Å². The summed E-state index contributed by atoms with van der Waals surface area (Å²) in [5.74, 6) is 1.30. The number of rotatable bonds is 10. The van der Waals surface area contributed by atoms with E-state index in [1.165, 1.54) is 11.8 Å². The lowest BCUT2D eigenvalue weighted by Crippen LogP contribution is -2.20. The molecule has 3 rings (SSSR count). The van der Waals surface area contributed by atoms with Crippen molar-refractivity contribution in [3.63, 3.8) is 0 Å². The van der Waals surface area contributed by atoms with Crippen LogP contribution in [0.3, 0.4) is 0 Å². The van der Waals surface area contributed by atoms with Crippen LogP contribution in [0.1, 0.15) is 6.92 Å². The lowest BCUT2D eigenvalue weighted by atomic mass is 10.3. The van der Waals surface area contributed by atoms with Crippen LogP contribution in [0.15, 0.2) is 83.8 Å². The molecule has 0 heterocycles. The second kappa shape index (κ2) is 11.7. The fourth-order valence-electron chi connectivity index (χ4n) is 2.67. The average Bonchev–Trinajstić information content (AvgIpc) is 2.79. The van der Waals surface area contributed by atoms with Gasteiger partial charge in [-0.25, -0.2) is 0 Å². The van der Waals surface area contributed by atoms with E-state index in [1.807, 2.05) is 55.5 Å². The summed E-state index contributed by atoms with van der Waals surface area (Å²) in [6.45, 7) is 2.44. The first-order valence-electron chi connectivity index (χ1n) is 9.85. The van der Waals surface area contributed by atoms with E-state index in [1.54, 1.807) is 30.3 Å². The Morgan fingerprint density at radius 3 is 2.23 bits per heavy atom. The fourth-order valence-corrected chi connectivity index (χ4v) is 3.43. The number of carbonyl (C=O) groups is 2. The molecule has 0 bridgehead atoms. The van der Waals surface area contributed by atoms with E-state index in [4.69, 9.17) is 9.47 Å². The first kappa shape index (κ1) is 22.2. The second-order valence-corrected chi connectivity index (χ2v) is 7.52. The molecule has 31 heavy (non-hydrogen) atoms. The lowest BCUT2D eigenvalue weighted by Gasteiger charge is -2.09. The van der Waals surface area contributed by atoms with Gasteiger partial charge in [-0.15, -0.1) is 11.8 Å². The van der Waals surface area contributed by atoms with Crippen LogP contribution in [0.2, 0.25) is 0 Å². The predicted molar refractivity (Wildman–Crippen MR) is 124 cm³/mol. The number of anilines is 2. The van der Waals surface area contributed by atoms with Crippen LogP contribution in [0.5, 0.6) is 11.5 Å². The Balaban J connectivity index is 1.45. The number of amides is 2. The third-order valence-corrected chi connectivity index (χ3v) is 5.04. The highest BCUT2D eigenvalue weighted by molar-refractivity contribution is 8.00. The number of benzene rings is 3. The van der Waals surface area contributed by atoms with Crippen LogP contribution >= 0.6 is 11.8 Å². The Hall–Kier alpha value is -3.45. The molecule has 2 N–H and O–H groups in total. The smallest absolute Gasteiger partial charge is 0.262 e. The van der Waals surface area contributed by atoms with Gasteiger partial charge in [0.1, 0.15) is 11.5 Å². The number of hydrogen-bond donors (Lipinski definition) is 2. The molecule has 0 aromatic heterocycles. The van der Waals surface area contributed by atoms with Crippen molar-refractivity contribution in [3.8, 4) is 11.5 Å². The fraction of sp³-hybridized carbons (Fsp3) is 0.167. The summed E-state index contributed by atoms with van der Waals surface area (Å²) in [5.41, 5.74) is 1.37. The molecular formula is C24H24N2O4S. The Morgan fingerprint density at radius 2 is 1.48 bits per heavy atom. The molecule has 0 saturated heterocycles. The van der Waals surface area contributed by atoms with Crippen LogP contribution in [0.4, 0.5) is 11.4 Å². The van der Waals surface area contributed by atoms with E-state index in [2.05, 4.69) is 10.6 Å². The number of ether oxygens (including phenoxy) is 2. The number of nitrogens with one attached hydrogen (secondary N) is 2. The maximum Gasteiger partial charge on any atom is 0.262 e. The Labute approximate surface area is 186 Å². The maximum absolute atomic E-state index is 12.2. The normalized spacial score (nSPS) is 10.2. The molecule has 6 nitrogen and oxygen atoms in total. The Morgan fingerprint density at radius 1 is 0.774 bits per heavy atom.